The smallest absolute Gasteiger partial charge is 0.237 e. The van der Waals surface area contributed by atoms with E-state index in [0.29, 0.717) is 6.42 Å². The summed E-state index contributed by atoms with van der Waals surface area (Å²) >= 11 is 0. The molecule has 0 bridgehead atoms. The summed E-state index contributed by atoms with van der Waals surface area (Å²) < 4.78 is 0. The molecule has 1 atom stereocenters. The number of allylic oxidation sites excluding steroid dienone is 1. The summed E-state index contributed by atoms with van der Waals surface area (Å²) in [6.07, 6.45) is 1.51. The summed E-state index contributed by atoms with van der Waals surface area (Å²) in [5.41, 5.74) is 5.81. The van der Waals surface area contributed by atoms with Gasteiger partial charge < -0.3 is 4.79 Å². The number of amides is 1. The van der Waals surface area contributed by atoms with Gasteiger partial charge in [-0.1, -0.05) is 30.3 Å². The molecule has 1 aliphatic heterocycles. The first-order valence-electron chi connectivity index (χ1n) is 5.89. The highest BCUT2D eigenvalue weighted by Crippen LogP contribution is 2.23. The fraction of sp³-hybridized carbons (Fsp3) is 0.286. The summed E-state index contributed by atoms with van der Waals surface area (Å²) in [5.74, 6) is -0.109. The molecule has 94 valence electrons. The second-order valence-electron chi connectivity index (χ2n) is 4.37. The van der Waals surface area contributed by atoms with E-state index >= 15 is 0 Å². The van der Waals surface area contributed by atoms with Gasteiger partial charge in [-0.05, 0) is 24.5 Å². The molecule has 0 aliphatic carbocycles. The Labute approximate surface area is 106 Å². The molecule has 1 amide bonds. The van der Waals surface area contributed by atoms with E-state index in [9.17, 15) is 9.59 Å². The monoisotopic (exact) mass is 244 g/mol. The Morgan fingerprint density at radius 2 is 2.06 bits per heavy atom. The van der Waals surface area contributed by atoms with E-state index in [-0.39, 0.29) is 5.91 Å². The van der Waals surface area contributed by atoms with Crippen LogP contribution in [0.3, 0.4) is 0 Å². The second kappa shape index (κ2) is 5.14. The molecule has 2 rings (SSSR count). The van der Waals surface area contributed by atoms with Crippen LogP contribution in [-0.4, -0.2) is 23.2 Å². The molecule has 1 unspecified atom stereocenters. The van der Waals surface area contributed by atoms with Gasteiger partial charge >= 0.3 is 0 Å². The van der Waals surface area contributed by atoms with E-state index in [1.54, 1.807) is 0 Å². The number of nitrogens with one attached hydrogen (secondary N) is 1. The predicted molar refractivity (Wildman–Crippen MR) is 68.4 cm³/mol. The Bertz CT molecular complexity index is 494. The molecule has 1 aromatic carbocycles. The van der Waals surface area contributed by atoms with Crippen LogP contribution >= 0.6 is 0 Å². The summed E-state index contributed by atoms with van der Waals surface area (Å²) in [4.78, 5) is 22.5. The standard InChI is InChI=1S/C14H16N2O2/c1-10-13(8-12-6-4-3-5-7-12)14(9-17)15-16(10)11(2)18/h3-7,9,14-15H,8H2,1-2H3. The molecule has 18 heavy (non-hydrogen) atoms. The van der Waals surface area contributed by atoms with Crippen LogP contribution in [0.5, 0.6) is 0 Å². The fourth-order valence-corrected chi connectivity index (χ4v) is 2.18. The zero-order valence-electron chi connectivity index (χ0n) is 10.5. The Hall–Kier alpha value is -1.94. The van der Waals surface area contributed by atoms with Crippen LogP contribution in [0.15, 0.2) is 41.6 Å². The van der Waals surface area contributed by atoms with Gasteiger partial charge in [0, 0.05) is 12.6 Å². The second-order valence-corrected chi connectivity index (χ2v) is 4.37. The third-order valence-electron chi connectivity index (χ3n) is 3.13. The van der Waals surface area contributed by atoms with Gasteiger partial charge in [0.25, 0.3) is 0 Å². The molecule has 1 aliphatic rings. The fourth-order valence-electron chi connectivity index (χ4n) is 2.18. The van der Waals surface area contributed by atoms with Crippen molar-refractivity contribution in [1.29, 1.82) is 0 Å². The summed E-state index contributed by atoms with van der Waals surface area (Å²) in [6, 6.07) is 9.50. The number of benzene rings is 1. The minimum absolute atomic E-state index is 0.109. The molecule has 4 nitrogen and oxygen atoms in total. The maximum Gasteiger partial charge on any atom is 0.237 e. The van der Waals surface area contributed by atoms with Gasteiger partial charge in [-0.2, -0.15) is 0 Å². The average Bonchev–Trinajstić information content (AvgIpc) is 2.68. The highest BCUT2D eigenvalue weighted by Gasteiger charge is 2.30. The van der Waals surface area contributed by atoms with Crippen molar-refractivity contribution in [3.63, 3.8) is 0 Å². The van der Waals surface area contributed by atoms with Crippen LogP contribution in [0.4, 0.5) is 0 Å². The van der Waals surface area contributed by atoms with Crippen molar-refractivity contribution in [3.05, 3.63) is 47.2 Å². The van der Waals surface area contributed by atoms with Gasteiger partial charge in [-0.3, -0.25) is 4.79 Å². The van der Waals surface area contributed by atoms with E-state index in [4.69, 9.17) is 0 Å². The Morgan fingerprint density at radius 1 is 1.39 bits per heavy atom. The minimum atomic E-state index is -0.408. The quantitative estimate of drug-likeness (QED) is 0.818. The molecule has 0 radical (unpaired) electrons. The molecule has 0 saturated heterocycles. The lowest BCUT2D eigenvalue weighted by Crippen LogP contribution is -2.40. The lowest BCUT2D eigenvalue weighted by atomic mass is 9.99. The van der Waals surface area contributed by atoms with Crippen molar-refractivity contribution in [3.8, 4) is 0 Å². The molecule has 1 heterocycles. The van der Waals surface area contributed by atoms with Crippen molar-refractivity contribution in [1.82, 2.24) is 10.4 Å². The Kier molecular flexibility index (Phi) is 3.58. The average molecular weight is 244 g/mol. The number of carbonyl (C=O) groups is 2. The molecule has 0 saturated carbocycles. The van der Waals surface area contributed by atoms with E-state index in [2.05, 4.69) is 5.43 Å². The van der Waals surface area contributed by atoms with Crippen molar-refractivity contribution >= 4 is 12.2 Å². The maximum atomic E-state index is 11.4. The van der Waals surface area contributed by atoms with Crippen molar-refractivity contribution in [2.45, 2.75) is 26.3 Å². The van der Waals surface area contributed by atoms with Crippen LogP contribution in [0.1, 0.15) is 19.4 Å². The Balaban J connectivity index is 2.28. The Morgan fingerprint density at radius 3 is 2.61 bits per heavy atom. The summed E-state index contributed by atoms with van der Waals surface area (Å²) in [7, 11) is 0. The number of aldehydes is 1. The van der Waals surface area contributed by atoms with E-state index in [0.717, 1.165) is 23.1 Å². The lowest BCUT2D eigenvalue weighted by Gasteiger charge is -2.15. The van der Waals surface area contributed by atoms with E-state index in [1.807, 2.05) is 37.3 Å². The molecule has 4 heteroatoms. The van der Waals surface area contributed by atoms with Crippen LogP contribution in [0, 0.1) is 0 Å². The van der Waals surface area contributed by atoms with Crippen molar-refractivity contribution in [2.24, 2.45) is 0 Å². The number of hydrogen-bond acceptors (Lipinski definition) is 3. The van der Waals surface area contributed by atoms with Crippen LogP contribution in [0.25, 0.3) is 0 Å². The van der Waals surface area contributed by atoms with E-state index < -0.39 is 6.04 Å². The molecule has 0 spiro atoms. The summed E-state index contributed by atoms with van der Waals surface area (Å²) in [5, 5.41) is 1.44. The molecule has 0 aromatic heterocycles. The normalized spacial score (nSPS) is 19.2. The number of rotatable bonds is 3. The van der Waals surface area contributed by atoms with E-state index in [1.165, 1.54) is 11.9 Å². The zero-order valence-corrected chi connectivity index (χ0v) is 10.5. The first kappa shape index (κ1) is 12.5. The zero-order chi connectivity index (χ0) is 13.1. The van der Waals surface area contributed by atoms with Gasteiger partial charge in [0.1, 0.15) is 12.3 Å². The number of carbonyl (C=O) groups excluding carboxylic acids is 2. The lowest BCUT2D eigenvalue weighted by molar-refractivity contribution is -0.129. The van der Waals surface area contributed by atoms with Gasteiger partial charge in [0.05, 0.1) is 0 Å². The third-order valence-corrected chi connectivity index (χ3v) is 3.13. The van der Waals surface area contributed by atoms with Crippen LogP contribution in [0.2, 0.25) is 0 Å². The number of hydrogen-bond donors (Lipinski definition) is 1. The molecule has 0 fully saturated rings. The van der Waals surface area contributed by atoms with Crippen LogP contribution in [-0.2, 0) is 16.0 Å². The molecular weight excluding hydrogens is 228 g/mol. The first-order chi connectivity index (χ1) is 8.63. The van der Waals surface area contributed by atoms with Gasteiger partial charge in [-0.15, -0.1) is 0 Å². The predicted octanol–water partition coefficient (Wildman–Crippen LogP) is 1.44. The highest BCUT2D eigenvalue weighted by molar-refractivity contribution is 5.78. The van der Waals surface area contributed by atoms with Gasteiger partial charge in [0.15, 0.2) is 0 Å². The summed E-state index contributed by atoms with van der Waals surface area (Å²) in [6.45, 7) is 3.33. The number of nitrogens with zero attached hydrogens (tertiary/aromatic N) is 1. The number of hydrazine groups is 1. The first-order valence-corrected chi connectivity index (χ1v) is 5.89. The van der Waals surface area contributed by atoms with Gasteiger partial charge in [0.2, 0.25) is 5.91 Å². The topological polar surface area (TPSA) is 49.4 Å². The molecule has 1 N–H and O–H groups in total. The van der Waals surface area contributed by atoms with Gasteiger partial charge in [-0.25, -0.2) is 10.4 Å². The van der Waals surface area contributed by atoms with Crippen LogP contribution < -0.4 is 5.43 Å². The van der Waals surface area contributed by atoms with Crippen molar-refractivity contribution in [2.75, 3.05) is 0 Å². The SMILES string of the molecule is CC(=O)N1NC(C=O)C(Cc2ccccc2)=C1C. The van der Waals surface area contributed by atoms with Crippen molar-refractivity contribution < 1.29 is 9.59 Å². The minimum Gasteiger partial charge on any atom is -0.301 e. The third kappa shape index (κ3) is 2.33. The molecular formula is C14H16N2O2. The molecule has 1 aromatic rings. The highest BCUT2D eigenvalue weighted by atomic mass is 16.2. The maximum absolute atomic E-state index is 11.4. The largest absolute Gasteiger partial charge is 0.301 e.